The Bertz CT molecular complexity index is 380. The number of nitrogens with zero attached hydrogens (tertiary/aromatic N) is 1. The molecule has 1 N–H and O–H groups in total. The number of ether oxygens (including phenoxy) is 1. The van der Waals surface area contributed by atoms with Crippen LogP contribution >= 0.6 is 0 Å². The molecule has 18 heavy (non-hydrogen) atoms. The van der Waals surface area contributed by atoms with Gasteiger partial charge in [-0.1, -0.05) is 12.1 Å². The van der Waals surface area contributed by atoms with Crippen molar-refractivity contribution < 1.29 is 19.1 Å². The predicted octanol–water partition coefficient (Wildman–Crippen LogP) is 0.604. The van der Waals surface area contributed by atoms with Gasteiger partial charge in [-0.25, -0.2) is 4.79 Å². The molecule has 0 amide bonds. The minimum atomic E-state index is -0.480. The van der Waals surface area contributed by atoms with E-state index in [9.17, 15) is 9.90 Å². The number of aromatic hydroxyl groups is 1. The minimum absolute atomic E-state index is 0. The van der Waals surface area contributed by atoms with Gasteiger partial charge in [-0.15, -0.1) is 0 Å². The van der Waals surface area contributed by atoms with Crippen LogP contribution in [0.3, 0.4) is 0 Å². The molecule has 1 radical (unpaired) electrons. The zero-order chi connectivity index (χ0) is 12.2. The number of likely N-dealkylation sites (N-methyl/N-ethyl adjacent to an activating group) is 1. The third-order valence-electron chi connectivity index (χ3n) is 2.12. The number of thiol groups is 1. The van der Waals surface area contributed by atoms with E-state index in [0.717, 1.165) is 11.0 Å². The number of para-hydroxylation sites is 1. The third-order valence-corrected chi connectivity index (χ3v) is 2.12. The first-order valence-electron chi connectivity index (χ1n) is 5.16. The van der Waals surface area contributed by atoms with E-state index in [2.05, 4.69) is 0 Å². The van der Waals surface area contributed by atoms with Gasteiger partial charge in [0.1, 0.15) is 24.5 Å². The monoisotopic (exact) mass is 264 g/mol. The van der Waals surface area contributed by atoms with Gasteiger partial charge in [0.15, 0.2) is 0 Å². The van der Waals surface area contributed by atoms with Gasteiger partial charge in [0.2, 0.25) is 0 Å². The topological polar surface area (TPSA) is 46.5 Å². The Labute approximate surface area is 127 Å². The number of quaternary nitrogens is 1. The molecule has 1 rings (SSSR count). The molecule has 0 spiro atoms. The summed E-state index contributed by atoms with van der Waals surface area (Å²) in [5, 5.41) is 9.44. The summed E-state index contributed by atoms with van der Waals surface area (Å²) in [7, 11) is 6.06. The fourth-order valence-corrected chi connectivity index (χ4v) is 1.14. The Morgan fingerprint density at radius 3 is 2.33 bits per heavy atom. The van der Waals surface area contributed by atoms with Crippen LogP contribution in [0.25, 0.3) is 0 Å². The van der Waals surface area contributed by atoms with Crippen LogP contribution in [0, 0.1) is 0 Å². The van der Waals surface area contributed by atoms with Gasteiger partial charge >= 0.3 is 5.97 Å². The van der Waals surface area contributed by atoms with Crippen LogP contribution < -0.4 is 0 Å². The summed E-state index contributed by atoms with van der Waals surface area (Å²) in [6, 6.07) is 6.37. The summed E-state index contributed by atoms with van der Waals surface area (Å²) in [4.78, 5) is 11.6. The molecule has 1 aromatic carbocycles. The first-order chi connectivity index (χ1) is 7.40. The zero-order valence-corrected chi connectivity index (χ0v) is 12.3. The summed E-state index contributed by atoms with van der Waals surface area (Å²) < 4.78 is 5.80. The van der Waals surface area contributed by atoms with Crippen LogP contribution in [-0.2, 0) is 18.2 Å². The van der Waals surface area contributed by atoms with Gasteiger partial charge < -0.3 is 27.8 Å². The summed E-state index contributed by atoms with van der Waals surface area (Å²) >= 11 is 0. The number of benzene rings is 1. The van der Waals surface area contributed by atoms with Gasteiger partial charge in [0.25, 0.3) is 0 Å². The van der Waals surface area contributed by atoms with Crippen molar-refractivity contribution in [3.63, 3.8) is 0 Å². The molecule has 4 nitrogen and oxygen atoms in total. The van der Waals surface area contributed by atoms with Gasteiger partial charge in [0, 0.05) is 18.9 Å². The Balaban J connectivity index is 0. The molecule has 0 aromatic heterocycles. The Morgan fingerprint density at radius 1 is 1.28 bits per heavy atom. The van der Waals surface area contributed by atoms with Crippen molar-refractivity contribution in [3.8, 4) is 5.75 Å². The van der Waals surface area contributed by atoms with Crippen molar-refractivity contribution in [2.75, 3.05) is 34.3 Å². The molecule has 0 aliphatic rings. The van der Waals surface area contributed by atoms with E-state index in [1.807, 2.05) is 21.1 Å². The second kappa shape index (κ2) is 8.49. The van der Waals surface area contributed by atoms with E-state index in [4.69, 9.17) is 4.74 Å². The molecule has 0 unspecified atom stereocenters. The van der Waals surface area contributed by atoms with Crippen molar-refractivity contribution in [1.29, 1.82) is 0 Å². The first kappa shape index (κ1) is 19.7. The van der Waals surface area contributed by atoms with Crippen molar-refractivity contribution in [2.45, 2.75) is 0 Å². The summed E-state index contributed by atoms with van der Waals surface area (Å²) in [6.07, 6.45) is 0. The number of rotatable bonds is 4. The maximum Gasteiger partial charge on any atom is 0.342 e. The third kappa shape index (κ3) is 6.97. The van der Waals surface area contributed by atoms with E-state index in [-0.39, 0.29) is 43.7 Å². The van der Waals surface area contributed by atoms with Crippen LogP contribution in [0.2, 0.25) is 0 Å². The van der Waals surface area contributed by atoms with Crippen molar-refractivity contribution in [2.24, 2.45) is 0 Å². The van der Waals surface area contributed by atoms with Crippen LogP contribution in [0.15, 0.2) is 24.3 Å². The number of hydrogen-bond donors (Lipinski definition) is 1. The van der Waals surface area contributed by atoms with E-state index < -0.39 is 5.97 Å². The molecule has 6 heteroatoms. The molecule has 0 heterocycles. The van der Waals surface area contributed by atoms with Gasteiger partial charge in [-0.2, -0.15) is 0 Å². The molecule has 0 fully saturated rings. The summed E-state index contributed by atoms with van der Waals surface area (Å²) in [6.45, 7) is 1.08. The number of esters is 1. The molecule has 0 aliphatic heterocycles. The SMILES string of the molecule is C[N+](C)(C)CCOC(=O)c1ccccc1O.[Li].[SH-]. The molecule has 97 valence electrons. The number of carbonyl (C=O) groups is 1. The molecule has 0 saturated heterocycles. The van der Waals surface area contributed by atoms with Crippen LogP contribution in [-0.4, -0.2) is 68.7 Å². The molecule has 1 aromatic rings. The molecule has 0 atom stereocenters. The Kier molecular flexibility index (Phi) is 9.31. The second-order valence-electron chi connectivity index (χ2n) is 4.67. The van der Waals surface area contributed by atoms with E-state index in [1.165, 1.54) is 6.07 Å². The van der Waals surface area contributed by atoms with Crippen LogP contribution in [0.5, 0.6) is 5.75 Å². The van der Waals surface area contributed by atoms with E-state index in [1.54, 1.807) is 18.2 Å². The van der Waals surface area contributed by atoms with Crippen molar-refractivity contribution >= 4 is 38.3 Å². The molecular formula is C12H19LiNO3S. The summed E-state index contributed by atoms with van der Waals surface area (Å²) in [5.74, 6) is -0.524. The molecule has 0 bridgehead atoms. The molecular weight excluding hydrogens is 245 g/mol. The van der Waals surface area contributed by atoms with E-state index >= 15 is 0 Å². The quantitative estimate of drug-likeness (QED) is 0.284. The average Bonchev–Trinajstić information content (AvgIpc) is 2.16. The standard InChI is InChI=1S/C12H17NO3.Li.H2S/c1-13(2,3)8-9-16-12(15)10-6-4-5-7-11(10)14;;/h4-7H,8-9H2,1-3H3;;1H2. The second-order valence-corrected chi connectivity index (χ2v) is 4.67. The van der Waals surface area contributed by atoms with Crippen LogP contribution in [0.1, 0.15) is 10.4 Å². The van der Waals surface area contributed by atoms with Gasteiger partial charge in [-0.3, -0.25) is 0 Å². The number of phenols is 1. The Morgan fingerprint density at radius 2 is 1.83 bits per heavy atom. The minimum Gasteiger partial charge on any atom is -0.813 e. The van der Waals surface area contributed by atoms with Crippen molar-refractivity contribution in [1.82, 2.24) is 0 Å². The normalized spacial score (nSPS) is 9.94. The van der Waals surface area contributed by atoms with Crippen LogP contribution in [0.4, 0.5) is 0 Å². The Hall–Kier alpha value is -0.603. The number of hydrogen-bond acceptors (Lipinski definition) is 4. The largest absolute Gasteiger partial charge is 0.813 e. The molecule has 0 aliphatic carbocycles. The first-order valence-corrected chi connectivity index (χ1v) is 5.16. The van der Waals surface area contributed by atoms with E-state index in [0.29, 0.717) is 6.61 Å². The number of phenolic OH excluding ortho intramolecular Hbond substituents is 1. The molecule has 0 saturated carbocycles. The van der Waals surface area contributed by atoms with Crippen molar-refractivity contribution in [3.05, 3.63) is 29.8 Å². The zero-order valence-electron chi connectivity index (χ0n) is 11.4. The maximum absolute atomic E-state index is 11.6. The fraction of sp³-hybridized carbons (Fsp3) is 0.417. The predicted molar refractivity (Wildman–Crippen MR) is 75.8 cm³/mol. The summed E-state index contributed by atoms with van der Waals surface area (Å²) in [5.41, 5.74) is 0.212. The maximum atomic E-state index is 11.6. The van der Waals surface area contributed by atoms with Gasteiger partial charge in [-0.05, 0) is 12.1 Å². The smallest absolute Gasteiger partial charge is 0.342 e. The average molecular weight is 264 g/mol. The van der Waals surface area contributed by atoms with Gasteiger partial charge in [0.05, 0.1) is 21.1 Å². The number of carbonyl (C=O) groups excluding carboxylic acids is 1. The fourth-order valence-electron chi connectivity index (χ4n) is 1.14.